The van der Waals surface area contributed by atoms with Gasteiger partial charge in [0.05, 0.1) is 27.5 Å². The van der Waals surface area contributed by atoms with Crippen molar-refractivity contribution in [1.82, 2.24) is 15.0 Å². The summed E-state index contributed by atoms with van der Waals surface area (Å²) < 4.78 is 2.80. The molecule has 0 spiro atoms. The topological polar surface area (TPSA) is 96.6 Å². The summed E-state index contributed by atoms with van der Waals surface area (Å²) in [4.78, 5) is 33.1. The van der Waals surface area contributed by atoms with E-state index >= 15 is 0 Å². The van der Waals surface area contributed by atoms with Gasteiger partial charge in [-0.1, -0.05) is 39.3 Å². The molecule has 0 unspecified atom stereocenters. The third kappa shape index (κ3) is 5.65. The molecule has 4 aromatic rings. The Morgan fingerprint density at radius 2 is 2.00 bits per heavy atom. The number of carbonyl (C=O) groups is 1. The first-order chi connectivity index (χ1) is 17.8. The molecule has 1 aliphatic rings. The van der Waals surface area contributed by atoms with Gasteiger partial charge in [0.25, 0.3) is 11.5 Å². The molecule has 0 aliphatic heterocycles. The van der Waals surface area contributed by atoms with E-state index in [9.17, 15) is 14.7 Å². The highest BCUT2D eigenvalue weighted by Gasteiger charge is 2.23. The Labute approximate surface area is 242 Å². The number of hydrogen-bond acceptors (Lipinski definition) is 7. The lowest BCUT2D eigenvalue weighted by Gasteiger charge is -2.13. The predicted molar refractivity (Wildman–Crippen MR) is 157 cm³/mol. The Hall–Kier alpha value is -2.18. The van der Waals surface area contributed by atoms with Gasteiger partial charge >= 0.3 is 0 Å². The van der Waals surface area contributed by atoms with Crippen LogP contribution in [0.25, 0.3) is 15.9 Å². The van der Waals surface area contributed by atoms with Gasteiger partial charge < -0.3 is 5.11 Å². The van der Waals surface area contributed by atoms with Crippen molar-refractivity contribution in [2.75, 3.05) is 5.75 Å². The molecule has 2 heterocycles. The van der Waals surface area contributed by atoms with Crippen LogP contribution in [0.3, 0.4) is 0 Å². The summed E-state index contributed by atoms with van der Waals surface area (Å²) in [6.07, 6.45) is 5.37. The van der Waals surface area contributed by atoms with Gasteiger partial charge in [-0.2, -0.15) is 5.10 Å². The quantitative estimate of drug-likeness (QED) is 0.106. The number of nitrogens with one attached hydrogen (secondary N) is 1. The summed E-state index contributed by atoms with van der Waals surface area (Å²) >= 11 is 15.4. The summed E-state index contributed by atoms with van der Waals surface area (Å²) in [6.45, 7) is 0. The van der Waals surface area contributed by atoms with Crippen molar-refractivity contribution >= 4 is 88.9 Å². The molecule has 190 valence electrons. The maximum Gasteiger partial charge on any atom is 0.267 e. The normalized spacial score (nSPS) is 13.3. The standard InChI is InChI=1S/C25H19Br2ClN4O3S2/c26-14-9-13(22(34)18(27)10-14)11-29-31-20(33)12-36-25-30-23-21(17-3-1-2-4-19(17)37-23)24(35)32(25)16-7-5-15(28)6-8-16/h5-11,34H,1-4,12H2,(H,31,33). The first kappa shape index (κ1) is 26.4. The largest absolute Gasteiger partial charge is 0.506 e. The summed E-state index contributed by atoms with van der Waals surface area (Å²) in [5.74, 6) is -0.377. The Balaban J connectivity index is 1.42. The van der Waals surface area contributed by atoms with E-state index < -0.39 is 0 Å². The van der Waals surface area contributed by atoms with Crippen LogP contribution in [-0.4, -0.2) is 32.5 Å². The van der Waals surface area contributed by atoms with E-state index in [1.54, 1.807) is 52.3 Å². The minimum Gasteiger partial charge on any atom is -0.506 e. The SMILES string of the molecule is O=C(CSc1nc2sc3c(c2c(=O)n1-c1ccc(Cl)cc1)CCCC3)NN=Cc1cc(Br)cc(Br)c1O. The second kappa shape index (κ2) is 11.3. The molecular formula is C25H19Br2ClN4O3S2. The molecule has 0 fully saturated rings. The molecule has 0 saturated carbocycles. The zero-order chi connectivity index (χ0) is 26.1. The van der Waals surface area contributed by atoms with Crippen LogP contribution in [0.1, 0.15) is 28.8 Å². The smallest absolute Gasteiger partial charge is 0.267 e. The Morgan fingerprint density at radius 1 is 1.24 bits per heavy atom. The maximum atomic E-state index is 13.8. The van der Waals surface area contributed by atoms with Crippen LogP contribution in [0, 0.1) is 0 Å². The highest BCUT2D eigenvalue weighted by molar-refractivity contribution is 9.11. The number of halogens is 3. The van der Waals surface area contributed by atoms with E-state index in [1.807, 2.05) is 0 Å². The van der Waals surface area contributed by atoms with Crippen molar-refractivity contribution in [3.05, 3.63) is 76.7 Å². The number of aromatic nitrogens is 2. The van der Waals surface area contributed by atoms with E-state index in [4.69, 9.17) is 16.6 Å². The number of aryl methyl sites for hydroxylation is 2. The van der Waals surface area contributed by atoms with Crippen molar-refractivity contribution < 1.29 is 9.90 Å². The molecule has 2 aromatic heterocycles. The summed E-state index contributed by atoms with van der Waals surface area (Å²) in [6, 6.07) is 10.4. The fourth-order valence-electron chi connectivity index (χ4n) is 4.12. The average Bonchev–Trinajstić information content (AvgIpc) is 3.25. The van der Waals surface area contributed by atoms with Crippen molar-refractivity contribution in [1.29, 1.82) is 0 Å². The van der Waals surface area contributed by atoms with Crippen LogP contribution in [0.4, 0.5) is 0 Å². The number of phenols is 1. The molecule has 0 saturated heterocycles. The van der Waals surface area contributed by atoms with Gasteiger partial charge in [-0.3, -0.25) is 14.2 Å². The van der Waals surface area contributed by atoms with E-state index in [-0.39, 0.29) is 23.0 Å². The average molecular weight is 683 g/mol. The molecule has 0 atom stereocenters. The lowest BCUT2D eigenvalue weighted by molar-refractivity contribution is -0.118. The number of amides is 1. The molecule has 2 aromatic carbocycles. The zero-order valence-corrected chi connectivity index (χ0v) is 24.7. The van der Waals surface area contributed by atoms with Gasteiger partial charge in [-0.25, -0.2) is 10.4 Å². The van der Waals surface area contributed by atoms with Crippen LogP contribution in [0.15, 0.2) is 60.4 Å². The number of thiophene rings is 1. The van der Waals surface area contributed by atoms with Crippen LogP contribution in [0.2, 0.25) is 5.02 Å². The van der Waals surface area contributed by atoms with Crippen molar-refractivity contribution in [3.8, 4) is 11.4 Å². The molecule has 1 amide bonds. The van der Waals surface area contributed by atoms with Crippen LogP contribution < -0.4 is 11.0 Å². The van der Waals surface area contributed by atoms with Crippen molar-refractivity contribution in [2.24, 2.45) is 5.10 Å². The first-order valence-corrected chi connectivity index (χ1v) is 15.0. The van der Waals surface area contributed by atoms with Crippen molar-refractivity contribution in [2.45, 2.75) is 30.8 Å². The molecule has 7 nitrogen and oxygen atoms in total. The maximum absolute atomic E-state index is 13.8. The van der Waals surface area contributed by atoms with E-state index in [1.165, 1.54) is 11.1 Å². The molecule has 1 aliphatic carbocycles. The number of aromatic hydroxyl groups is 1. The van der Waals surface area contributed by atoms with Crippen molar-refractivity contribution in [3.63, 3.8) is 0 Å². The number of hydrazone groups is 1. The predicted octanol–water partition coefficient (Wildman–Crippen LogP) is 6.45. The molecule has 0 radical (unpaired) electrons. The highest BCUT2D eigenvalue weighted by atomic mass is 79.9. The van der Waals surface area contributed by atoms with Gasteiger partial charge in [0.1, 0.15) is 10.6 Å². The lowest BCUT2D eigenvalue weighted by Crippen LogP contribution is -2.24. The minimum absolute atomic E-state index is 0.0118. The van der Waals surface area contributed by atoms with Gasteiger partial charge in [0, 0.05) is 19.9 Å². The summed E-state index contributed by atoms with van der Waals surface area (Å²) in [7, 11) is 0. The Bertz CT molecular complexity index is 1600. The van der Waals surface area contributed by atoms with E-state index in [0.29, 0.717) is 36.1 Å². The third-order valence-electron chi connectivity index (χ3n) is 5.83. The second-order valence-corrected chi connectivity index (χ2v) is 12.5. The first-order valence-electron chi connectivity index (χ1n) is 11.3. The number of hydrogen-bond donors (Lipinski definition) is 2. The number of phenolic OH excluding ortho intramolecular Hbond substituents is 1. The molecule has 12 heteroatoms. The van der Waals surface area contributed by atoms with Gasteiger partial charge in [-0.15, -0.1) is 11.3 Å². The Morgan fingerprint density at radius 3 is 2.78 bits per heavy atom. The number of nitrogens with zero attached hydrogens (tertiary/aromatic N) is 3. The molecular weight excluding hydrogens is 664 g/mol. The zero-order valence-electron chi connectivity index (χ0n) is 19.1. The molecule has 2 N–H and O–H groups in total. The third-order valence-corrected chi connectivity index (χ3v) is 9.26. The lowest BCUT2D eigenvalue weighted by atomic mass is 9.97. The fourth-order valence-corrected chi connectivity index (χ4v) is 7.61. The molecule has 5 rings (SSSR count). The van der Waals surface area contributed by atoms with Gasteiger partial charge in [0.15, 0.2) is 5.16 Å². The minimum atomic E-state index is -0.378. The number of rotatable bonds is 6. The summed E-state index contributed by atoms with van der Waals surface area (Å²) in [5, 5.41) is 15.8. The van der Waals surface area contributed by atoms with E-state index in [2.05, 4.69) is 42.4 Å². The molecule has 37 heavy (non-hydrogen) atoms. The monoisotopic (exact) mass is 680 g/mol. The number of benzene rings is 2. The molecule has 0 bridgehead atoms. The number of fused-ring (bicyclic) bond motifs is 3. The highest BCUT2D eigenvalue weighted by Crippen LogP contribution is 2.35. The van der Waals surface area contributed by atoms with Crippen LogP contribution >= 0.6 is 66.6 Å². The number of carbonyl (C=O) groups excluding carboxylic acids is 1. The summed E-state index contributed by atoms with van der Waals surface area (Å²) in [5.41, 5.74) is 4.50. The van der Waals surface area contributed by atoms with Crippen LogP contribution in [-0.2, 0) is 17.6 Å². The van der Waals surface area contributed by atoms with Gasteiger partial charge in [-0.05, 0) is 83.6 Å². The Kier molecular flexibility index (Phi) is 8.06. The number of thioether (sulfide) groups is 1. The van der Waals surface area contributed by atoms with Gasteiger partial charge in [0.2, 0.25) is 0 Å². The second-order valence-electron chi connectivity index (χ2n) is 8.31. The fraction of sp³-hybridized carbons (Fsp3) is 0.200. The van der Waals surface area contributed by atoms with E-state index in [0.717, 1.165) is 47.5 Å². The van der Waals surface area contributed by atoms with Crippen LogP contribution in [0.5, 0.6) is 5.75 Å².